The van der Waals surface area contributed by atoms with Gasteiger partial charge in [0.05, 0.1) is 0 Å². The van der Waals surface area contributed by atoms with Crippen LogP contribution in [0, 0.1) is 0 Å². The van der Waals surface area contributed by atoms with Crippen LogP contribution in [0.15, 0.2) is 0 Å². The van der Waals surface area contributed by atoms with Crippen molar-refractivity contribution < 1.29 is 4.79 Å². The van der Waals surface area contributed by atoms with E-state index in [9.17, 15) is 4.79 Å². The third kappa shape index (κ3) is 3.88. The zero-order valence-electron chi connectivity index (χ0n) is 9.08. The second-order valence-corrected chi connectivity index (χ2v) is 5.17. The summed E-state index contributed by atoms with van der Waals surface area (Å²) in [6.45, 7) is 7.86. The van der Waals surface area contributed by atoms with Crippen LogP contribution in [0.25, 0.3) is 0 Å². The van der Waals surface area contributed by atoms with E-state index < -0.39 is 0 Å². The summed E-state index contributed by atoms with van der Waals surface area (Å²) in [7, 11) is 0. The highest BCUT2D eigenvalue weighted by Crippen LogP contribution is 2.17. The van der Waals surface area contributed by atoms with Crippen molar-refractivity contribution in [3.05, 3.63) is 0 Å². The summed E-state index contributed by atoms with van der Waals surface area (Å²) in [5.41, 5.74) is 0. The van der Waals surface area contributed by atoms with Gasteiger partial charge in [0.15, 0.2) is 0 Å². The molecule has 14 heavy (non-hydrogen) atoms. The molecule has 0 bridgehead atoms. The fourth-order valence-electron chi connectivity index (χ4n) is 1.58. The lowest BCUT2D eigenvalue weighted by Gasteiger charge is -2.30. The van der Waals surface area contributed by atoms with E-state index in [1.807, 2.05) is 16.7 Å². The van der Waals surface area contributed by atoms with Crippen LogP contribution < -0.4 is 5.32 Å². The first-order chi connectivity index (χ1) is 6.74. The van der Waals surface area contributed by atoms with E-state index in [-0.39, 0.29) is 0 Å². The molecule has 0 aromatic heterocycles. The van der Waals surface area contributed by atoms with Crippen LogP contribution >= 0.6 is 11.8 Å². The Morgan fingerprint density at radius 2 is 2.43 bits per heavy atom. The van der Waals surface area contributed by atoms with Crippen molar-refractivity contribution in [3.8, 4) is 0 Å². The minimum atomic E-state index is 0.304. The molecule has 1 heterocycles. The van der Waals surface area contributed by atoms with Crippen LogP contribution in [-0.4, -0.2) is 48.0 Å². The highest BCUT2D eigenvalue weighted by Gasteiger charge is 2.20. The zero-order chi connectivity index (χ0) is 10.4. The lowest BCUT2D eigenvalue weighted by molar-refractivity contribution is -0.130. The molecule has 1 saturated heterocycles. The van der Waals surface area contributed by atoms with Crippen LogP contribution in [0.1, 0.15) is 20.3 Å². The van der Waals surface area contributed by atoms with Crippen LogP contribution in [0.2, 0.25) is 0 Å². The molecule has 0 aromatic carbocycles. The Kier molecular flexibility index (Phi) is 5.33. The highest BCUT2D eigenvalue weighted by molar-refractivity contribution is 7.99. The van der Waals surface area contributed by atoms with Crippen molar-refractivity contribution >= 4 is 17.7 Å². The van der Waals surface area contributed by atoms with Crippen molar-refractivity contribution in [2.24, 2.45) is 0 Å². The van der Waals surface area contributed by atoms with Gasteiger partial charge in [-0.05, 0) is 6.54 Å². The molecule has 1 fully saturated rings. The molecule has 0 saturated carbocycles. The topological polar surface area (TPSA) is 32.3 Å². The van der Waals surface area contributed by atoms with Gasteiger partial charge in [0.25, 0.3) is 0 Å². The average Bonchev–Trinajstić information content (AvgIpc) is 2.18. The van der Waals surface area contributed by atoms with Gasteiger partial charge in [0.1, 0.15) is 0 Å². The number of hydrogen-bond acceptors (Lipinski definition) is 3. The van der Waals surface area contributed by atoms with Gasteiger partial charge >= 0.3 is 0 Å². The molecule has 82 valence electrons. The predicted octanol–water partition coefficient (Wildman–Crippen LogP) is 0.950. The smallest absolute Gasteiger partial charge is 0.223 e. The monoisotopic (exact) mass is 216 g/mol. The molecule has 1 atom stereocenters. The van der Waals surface area contributed by atoms with Crippen LogP contribution in [0.3, 0.4) is 0 Å². The Hall–Kier alpha value is -0.220. The Bertz CT molecular complexity index is 187. The van der Waals surface area contributed by atoms with E-state index in [1.165, 1.54) is 0 Å². The van der Waals surface area contributed by atoms with Gasteiger partial charge in [0, 0.05) is 37.1 Å². The second kappa shape index (κ2) is 6.30. The van der Waals surface area contributed by atoms with E-state index in [0.29, 0.717) is 17.6 Å². The molecule has 1 N–H and O–H groups in total. The summed E-state index contributed by atoms with van der Waals surface area (Å²) < 4.78 is 0. The first kappa shape index (κ1) is 11.9. The lowest BCUT2D eigenvalue weighted by atomic mass is 10.3. The minimum Gasteiger partial charge on any atom is -0.341 e. The van der Waals surface area contributed by atoms with Crippen LogP contribution in [0.4, 0.5) is 0 Å². The number of hydrogen-bond donors (Lipinski definition) is 1. The molecule has 1 amide bonds. The molecule has 1 aliphatic heterocycles. The third-order valence-corrected chi connectivity index (χ3v) is 3.50. The normalized spacial score (nSPS) is 22.4. The van der Waals surface area contributed by atoms with Crippen LogP contribution in [0.5, 0.6) is 0 Å². The van der Waals surface area contributed by atoms with E-state index in [1.54, 1.807) is 0 Å². The molecule has 0 aliphatic carbocycles. The van der Waals surface area contributed by atoms with Crippen molar-refractivity contribution in [3.63, 3.8) is 0 Å². The number of nitrogens with zero attached hydrogens (tertiary/aromatic N) is 1. The summed E-state index contributed by atoms with van der Waals surface area (Å²) in [6.07, 6.45) is 0.644. The number of rotatable bonds is 4. The van der Waals surface area contributed by atoms with Crippen molar-refractivity contribution in [2.75, 3.05) is 31.9 Å². The molecule has 4 heteroatoms. The fraction of sp³-hybridized carbons (Fsp3) is 0.900. The summed E-state index contributed by atoms with van der Waals surface area (Å²) >= 11 is 1.96. The Morgan fingerprint density at radius 3 is 3.07 bits per heavy atom. The molecule has 0 spiro atoms. The van der Waals surface area contributed by atoms with Gasteiger partial charge < -0.3 is 10.2 Å². The zero-order valence-corrected chi connectivity index (χ0v) is 9.90. The van der Waals surface area contributed by atoms with E-state index >= 15 is 0 Å². The van der Waals surface area contributed by atoms with E-state index in [0.717, 1.165) is 31.9 Å². The van der Waals surface area contributed by atoms with E-state index in [4.69, 9.17) is 0 Å². The minimum absolute atomic E-state index is 0.304. The maximum absolute atomic E-state index is 11.7. The molecule has 1 aliphatic rings. The summed E-state index contributed by atoms with van der Waals surface area (Å²) in [6, 6.07) is 0. The Balaban J connectivity index is 2.22. The first-order valence-electron chi connectivity index (χ1n) is 5.34. The van der Waals surface area contributed by atoms with Gasteiger partial charge in [0.2, 0.25) is 5.91 Å². The molecular weight excluding hydrogens is 196 g/mol. The number of amides is 1. The number of carbonyl (C=O) groups is 1. The predicted molar refractivity (Wildman–Crippen MR) is 61.7 cm³/mol. The molecule has 0 aromatic rings. The largest absolute Gasteiger partial charge is 0.341 e. The summed E-state index contributed by atoms with van der Waals surface area (Å²) in [5, 5.41) is 3.78. The van der Waals surface area contributed by atoms with Crippen LogP contribution in [-0.2, 0) is 4.79 Å². The SMILES string of the molecule is CCNCCC(=O)N1CCSC(C)C1. The van der Waals surface area contributed by atoms with Gasteiger partial charge in [-0.15, -0.1) is 0 Å². The number of carbonyl (C=O) groups excluding carboxylic acids is 1. The van der Waals surface area contributed by atoms with Crippen molar-refractivity contribution in [1.29, 1.82) is 0 Å². The Labute approximate surface area is 90.6 Å². The fourth-order valence-corrected chi connectivity index (χ4v) is 2.59. The maximum Gasteiger partial charge on any atom is 0.223 e. The maximum atomic E-state index is 11.7. The standard InChI is InChI=1S/C10H20N2OS/c1-3-11-5-4-10(13)12-6-7-14-9(2)8-12/h9,11H,3-8H2,1-2H3. The number of thioether (sulfide) groups is 1. The Morgan fingerprint density at radius 1 is 1.64 bits per heavy atom. The lowest BCUT2D eigenvalue weighted by Crippen LogP contribution is -2.41. The quantitative estimate of drug-likeness (QED) is 0.710. The first-order valence-corrected chi connectivity index (χ1v) is 6.39. The van der Waals surface area contributed by atoms with Crippen molar-refractivity contribution in [1.82, 2.24) is 10.2 Å². The molecule has 1 rings (SSSR count). The molecule has 1 unspecified atom stereocenters. The second-order valence-electron chi connectivity index (χ2n) is 3.62. The number of nitrogens with one attached hydrogen (secondary N) is 1. The van der Waals surface area contributed by atoms with Crippen molar-refractivity contribution in [2.45, 2.75) is 25.5 Å². The summed E-state index contributed by atoms with van der Waals surface area (Å²) in [5.74, 6) is 1.40. The van der Waals surface area contributed by atoms with E-state index in [2.05, 4.69) is 19.2 Å². The molecule has 3 nitrogen and oxygen atoms in total. The summed E-state index contributed by atoms with van der Waals surface area (Å²) in [4.78, 5) is 13.7. The van der Waals surface area contributed by atoms with Gasteiger partial charge in [-0.3, -0.25) is 4.79 Å². The highest BCUT2D eigenvalue weighted by atomic mass is 32.2. The molecule has 0 radical (unpaired) electrons. The van der Waals surface area contributed by atoms with Gasteiger partial charge in [-0.2, -0.15) is 11.8 Å². The van der Waals surface area contributed by atoms with Gasteiger partial charge in [-0.25, -0.2) is 0 Å². The van der Waals surface area contributed by atoms with Gasteiger partial charge in [-0.1, -0.05) is 13.8 Å². The third-order valence-electron chi connectivity index (χ3n) is 2.36. The average molecular weight is 216 g/mol. The molecular formula is C10H20N2OS.